The van der Waals surface area contributed by atoms with Crippen LogP contribution in [0.1, 0.15) is 80.0 Å². The zero-order valence-corrected chi connectivity index (χ0v) is 37.0. The van der Waals surface area contributed by atoms with E-state index in [9.17, 15) is 23.9 Å². The predicted molar refractivity (Wildman–Crippen MR) is 230 cm³/mol. The summed E-state index contributed by atoms with van der Waals surface area (Å²) in [6.45, 7) is 10.8. The topological polar surface area (TPSA) is 102 Å². The SMILES string of the molecule is O=C1CCCC(=O)N1.Oc1ccc2c(c1)CCCC2.[CH2-]c1cc2c(cc1[C-]=O)OCC1CN(CC3CC4(CCN(c5ccccc5F)CC4)C3)CCN21.[Na+].c1ccccc1. The molecule has 0 aromatic heterocycles. The van der Waals surface area contributed by atoms with E-state index in [0.717, 1.165) is 68.7 Å². The predicted octanol–water partition coefficient (Wildman–Crippen LogP) is 4.82. The van der Waals surface area contributed by atoms with Gasteiger partial charge in [0, 0.05) is 52.1 Å². The zero-order valence-electron chi connectivity index (χ0n) is 35.0. The molecule has 4 heterocycles. The van der Waals surface area contributed by atoms with Crippen molar-refractivity contribution in [3.8, 4) is 11.5 Å². The van der Waals surface area contributed by atoms with Crippen molar-refractivity contribution in [1.82, 2.24) is 10.2 Å². The number of aromatic hydroxyl groups is 1. The van der Waals surface area contributed by atoms with Crippen LogP contribution in [0.25, 0.3) is 0 Å². The monoisotopic (exact) mass is 823 g/mol. The number of halogens is 1. The van der Waals surface area contributed by atoms with E-state index in [0.29, 0.717) is 54.2 Å². The van der Waals surface area contributed by atoms with Crippen molar-refractivity contribution < 1.29 is 58.2 Å². The number of anilines is 2. The minimum atomic E-state index is -0.138. The average molecular weight is 824 g/mol. The minimum Gasteiger partial charge on any atom is -0.508 e. The van der Waals surface area contributed by atoms with E-state index in [1.807, 2.05) is 73.0 Å². The number of para-hydroxylation sites is 1. The van der Waals surface area contributed by atoms with Crippen LogP contribution < -0.4 is 49.4 Å². The number of phenols is 1. The van der Waals surface area contributed by atoms with Gasteiger partial charge < -0.3 is 24.4 Å². The van der Waals surface area contributed by atoms with Crippen LogP contribution in [0.2, 0.25) is 0 Å². The second kappa shape index (κ2) is 21.4. The number of piperazine rings is 1. The van der Waals surface area contributed by atoms with Gasteiger partial charge in [-0.05, 0) is 116 Å². The van der Waals surface area contributed by atoms with E-state index in [-0.39, 0.29) is 47.2 Å². The molecule has 1 spiro atoms. The normalized spacial score (nSPS) is 20.2. The molecule has 6 aliphatic rings. The summed E-state index contributed by atoms with van der Waals surface area (Å²) in [5.74, 6) is 1.57. The van der Waals surface area contributed by atoms with Crippen molar-refractivity contribution in [2.45, 2.75) is 76.7 Å². The minimum absolute atomic E-state index is 0. The summed E-state index contributed by atoms with van der Waals surface area (Å²) in [6, 6.07) is 29.0. The van der Waals surface area contributed by atoms with Crippen molar-refractivity contribution >= 4 is 29.5 Å². The van der Waals surface area contributed by atoms with Gasteiger partial charge >= 0.3 is 29.6 Å². The Morgan fingerprint density at radius 2 is 1.47 bits per heavy atom. The number of amides is 2. The number of piperidine rings is 2. The van der Waals surface area contributed by atoms with Crippen LogP contribution in [0.5, 0.6) is 11.5 Å². The Morgan fingerprint density at radius 3 is 2.10 bits per heavy atom. The Balaban J connectivity index is 0.000000187. The van der Waals surface area contributed by atoms with Gasteiger partial charge in [-0.25, -0.2) is 4.39 Å². The molecule has 0 bridgehead atoms. The van der Waals surface area contributed by atoms with E-state index in [1.54, 1.807) is 24.3 Å². The number of fused-ring (bicyclic) bond motifs is 4. The molecule has 9 nitrogen and oxygen atoms in total. The van der Waals surface area contributed by atoms with E-state index in [1.165, 1.54) is 56.1 Å². The molecule has 10 rings (SSSR count). The third kappa shape index (κ3) is 11.7. The molecule has 2 aliphatic carbocycles. The van der Waals surface area contributed by atoms with Crippen LogP contribution in [0.3, 0.4) is 0 Å². The summed E-state index contributed by atoms with van der Waals surface area (Å²) in [4.78, 5) is 39.1. The fourth-order valence-electron chi connectivity index (χ4n) is 9.57. The molecule has 4 aromatic rings. The van der Waals surface area contributed by atoms with Gasteiger partial charge in [-0.2, -0.15) is 12.1 Å². The largest absolute Gasteiger partial charge is 1.00 e. The van der Waals surface area contributed by atoms with E-state index in [4.69, 9.17) is 4.74 Å². The summed E-state index contributed by atoms with van der Waals surface area (Å²) in [5.41, 5.74) is 6.25. The second-order valence-corrected chi connectivity index (χ2v) is 16.8. The van der Waals surface area contributed by atoms with Crippen LogP contribution in [0, 0.1) is 24.1 Å². The molecule has 1 unspecified atom stereocenters. The summed E-state index contributed by atoms with van der Waals surface area (Å²) < 4.78 is 20.2. The maximum atomic E-state index is 14.2. The third-order valence-electron chi connectivity index (χ3n) is 12.7. The number of carbonyl (C=O) groups is 2. The fraction of sp³-hybridized carbons (Fsp3) is 0.429. The standard InChI is InChI=1S/C28H32FN3O2.C10H12O.C6H6.C5H7NO2.Na/c1-20-12-26-27(13-22(20)18-33)34-19-23-17-30(10-11-32(23)26)16-21-14-28(15-21)6-8-31(9-7-28)25-5-3-2-4-24(25)29;11-10-6-5-8-3-1-2-4-9(8)7-10;1-2-4-6-5-3-1;7-4-2-1-3-5(8)6-4;/h2-5,12-13,21,23H,1,6-11,14-17,19H2;5-7,11H,1-4H2;1-6H;1-3H2,(H,6,7,8);/q-2;;;;+1. The molecular formula is C49H57FN4NaO5-. The van der Waals surface area contributed by atoms with Gasteiger partial charge in [0.2, 0.25) is 11.8 Å². The number of ether oxygens (including phenoxy) is 1. The Hall–Kier alpha value is -4.35. The number of hydrogen-bond acceptors (Lipinski definition) is 8. The van der Waals surface area contributed by atoms with Gasteiger partial charge in [0.15, 0.2) is 0 Å². The van der Waals surface area contributed by atoms with Gasteiger partial charge in [0.25, 0.3) is 0 Å². The summed E-state index contributed by atoms with van der Waals surface area (Å²) in [6.07, 6.45) is 13.5. The molecule has 60 heavy (non-hydrogen) atoms. The van der Waals surface area contributed by atoms with Crippen LogP contribution in [-0.2, 0) is 27.2 Å². The van der Waals surface area contributed by atoms with E-state index in [2.05, 4.69) is 26.9 Å². The number of hydrogen-bond donors (Lipinski definition) is 2. The molecule has 2 N–H and O–H groups in total. The molecule has 1 atom stereocenters. The quantitative estimate of drug-likeness (QED) is 0.172. The number of phenolic OH excluding ortho intramolecular Hbond substituents is 1. The van der Waals surface area contributed by atoms with Crippen molar-refractivity contribution in [2.75, 3.05) is 55.7 Å². The number of nitrogens with zero attached hydrogens (tertiary/aromatic N) is 3. The molecule has 312 valence electrons. The fourth-order valence-corrected chi connectivity index (χ4v) is 9.57. The molecular weight excluding hydrogens is 767 g/mol. The Kier molecular flexibility index (Phi) is 16.1. The second-order valence-electron chi connectivity index (χ2n) is 16.8. The third-order valence-corrected chi connectivity index (χ3v) is 12.7. The number of rotatable bonds is 4. The van der Waals surface area contributed by atoms with Gasteiger partial charge in [0.1, 0.15) is 18.2 Å². The molecule has 4 aliphatic heterocycles. The number of carbonyl (C=O) groups excluding carboxylic acids is 3. The number of nitrogens with one attached hydrogen (secondary N) is 1. The molecule has 11 heteroatoms. The maximum absolute atomic E-state index is 14.2. The van der Waals surface area contributed by atoms with E-state index < -0.39 is 0 Å². The first kappa shape index (κ1) is 45.2. The Bertz CT molecular complexity index is 2010. The Labute approximate surface area is 377 Å². The zero-order chi connectivity index (χ0) is 41.2. The van der Waals surface area contributed by atoms with Crippen molar-refractivity contribution in [3.05, 3.63) is 126 Å². The van der Waals surface area contributed by atoms with Crippen molar-refractivity contribution in [3.63, 3.8) is 0 Å². The van der Waals surface area contributed by atoms with Crippen LogP contribution in [-0.4, -0.2) is 80.0 Å². The van der Waals surface area contributed by atoms with Gasteiger partial charge in [-0.1, -0.05) is 54.6 Å². The first-order chi connectivity index (χ1) is 28.7. The van der Waals surface area contributed by atoms with Crippen LogP contribution >= 0.6 is 0 Å². The number of benzene rings is 4. The number of aryl methyl sites for hydroxylation is 2. The van der Waals surface area contributed by atoms with E-state index >= 15 is 0 Å². The summed E-state index contributed by atoms with van der Waals surface area (Å²) >= 11 is 0. The summed E-state index contributed by atoms with van der Waals surface area (Å²) in [5, 5.41) is 11.4. The molecule has 4 aromatic carbocycles. The smallest absolute Gasteiger partial charge is 0.508 e. The van der Waals surface area contributed by atoms with Crippen LogP contribution in [0.15, 0.2) is 91.0 Å². The Morgan fingerprint density at radius 1 is 0.800 bits per heavy atom. The molecule has 2 amide bonds. The number of imide groups is 1. The maximum Gasteiger partial charge on any atom is 1.00 e. The molecule has 3 saturated heterocycles. The first-order valence-electron chi connectivity index (χ1n) is 21.3. The molecule has 1 saturated carbocycles. The average Bonchev–Trinajstić information content (AvgIpc) is 3.24. The van der Waals surface area contributed by atoms with Gasteiger partial charge in [0.05, 0.1) is 17.5 Å². The molecule has 4 fully saturated rings. The first-order valence-corrected chi connectivity index (χ1v) is 21.3. The summed E-state index contributed by atoms with van der Waals surface area (Å²) in [7, 11) is 0. The van der Waals surface area contributed by atoms with Gasteiger partial charge in [-0.3, -0.25) is 37.9 Å². The van der Waals surface area contributed by atoms with Crippen LogP contribution in [0.4, 0.5) is 15.8 Å². The van der Waals surface area contributed by atoms with Crippen molar-refractivity contribution in [1.29, 1.82) is 0 Å². The molecule has 0 radical (unpaired) electrons. The van der Waals surface area contributed by atoms with Crippen molar-refractivity contribution in [2.24, 2.45) is 11.3 Å². The van der Waals surface area contributed by atoms with Gasteiger partial charge in [-0.15, -0.1) is 0 Å².